The van der Waals surface area contributed by atoms with Crippen LogP contribution in [0.3, 0.4) is 0 Å². The first-order valence-corrected chi connectivity index (χ1v) is 8.64. The highest BCUT2D eigenvalue weighted by Crippen LogP contribution is 2.22. The molecule has 0 amide bonds. The van der Waals surface area contributed by atoms with Gasteiger partial charge >= 0.3 is 0 Å². The molecule has 1 aromatic carbocycles. The molecule has 21 heavy (non-hydrogen) atoms. The van der Waals surface area contributed by atoms with Crippen LogP contribution in [0.2, 0.25) is 0 Å². The summed E-state index contributed by atoms with van der Waals surface area (Å²) in [5.41, 5.74) is 2.64. The van der Waals surface area contributed by atoms with E-state index in [9.17, 15) is 0 Å². The summed E-state index contributed by atoms with van der Waals surface area (Å²) in [7, 11) is 0. The number of nitrogens with zero attached hydrogens (tertiary/aromatic N) is 1. The fourth-order valence-electron chi connectivity index (χ4n) is 2.39. The van der Waals surface area contributed by atoms with E-state index in [0.717, 1.165) is 26.2 Å². The van der Waals surface area contributed by atoms with Crippen molar-refractivity contribution in [2.24, 2.45) is 0 Å². The maximum Gasteiger partial charge on any atom is 0.0522 e. The van der Waals surface area contributed by atoms with Gasteiger partial charge in [-0.1, -0.05) is 19.1 Å². The number of rotatable bonds is 8. The van der Waals surface area contributed by atoms with Crippen molar-refractivity contribution in [2.75, 3.05) is 18.0 Å². The molecular formula is C18H26N2S. The molecule has 3 heteroatoms. The van der Waals surface area contributed by atoms with Gasteiger partial charge in [0.05, 0.1) is 6.54 Å². The van der Waals surface area contributed by atoms with Gasteiger partial charge in [0.2, 0.25) is 0 Å². The second-order valence-corrected chi connectivity index (χ2v) is 6.65. The maximum absolute atomic E-state index is 3.47. The molecule has 0 aliphatic carbocycles. The van der Waals surface area contributed by atoms with Crippen LogP contribution in [0.4, 0.5) is 5.69 Å². The first kappa shape index (κ1) is 16.1. The Bertz CT molecular complexity index is 548. The van der Waals surface area contributed by atoms with Crippen molar-refractivity contribution in [3.05, 3.63) is 51.7 Å². The molecule has 0 saturated heterocycles. The van der Waals surface area contributed by atoms with Crippen molar-refractivity contribution >= 4 is 17.0 Å². The largest absolute Gasteiger partial charge is 0.367 e. The summed E-state index contributed by atoms with van der Waals surface area (Å²) in [6, 6.07) is 13.3. The molecule has 0 aliphatic heterocycles. The topological polar surface area (TPSA) is 15.3 Å². The van der Waals surface area contributed by atoms with E-state index in [0.29, 0.717) is 0 Å². The molecule has 0 spiro atoms. The van der Waals surface area contributed by atoms with E-state index in [2.05, 4.69) is 67.4 Å². The summed E-state index contributed by atoms with van der Waals surface area (Å²) < 4.78 is 0. The Kier molecular flexibility index (Phi) is 6.27. The molecule has 114 valence electrons. The quantitative estimate of drug-likeness (QED) is 0.718. The highest BCUT2D eigenvalue weighted by Gasteiger charge is 2.07. The van der Waals surface area contributed by atoms with Crippen molar-refractivity contribution in [2.45, 2.75) is 40.3 Å². The summed E-state index contributed by atoms with van der Waals surface area (Å²) in [6.45, 7) is 10.7. The molecule has 1 aromatic heterocycles. The van der Waals surface area contributed by atoms with Gasteiger partial charge in [-0.25, -0.2) is 0 Å². The van der Waals surface area contributed by atoms with Gasteiger partial charge in [-0.3, -0.25) is 0 Å². The van der Waals surface area contributed by atoms with Gasteiger partial charge in [0.25, 0.3) is 0 Å². The van der Waals surface area contributed by atoms with E-state index in [4.69, 9.17) is 0 Å². The van der Waals surface area contributed by atoms with Crippen LogP contribution in [0, 0.1) is 6.92 Å². The Morgan fingerprint density at radius 3 is 2.62 bits per heavy atom. The average molecular weight is 302 g/mol. The van der Waals surface area contributed by atoms with Gasteiger partial charge in [0.1, 0.15) is 0 Å². The Labute approximate surface area is 132 Å². The second-order valence-electron chi connectivity index (χ2n) is 5.40. The number of nitrogens with one attached hydrogen (secondary N) is 1. The monoisotopic (exact) mass is 302 g/mol. The zero-order valence-corrected chi connectivity index (χ0v) is 14.2. The molecular weight excluding hydrogens is 276 g/mol. The number of benzene rings is 1. The second kappa shape index (κ2) is 8.20. The summed E-state index contributed by atoms with van der Waals surface area (Å²) in [4.78, 5) is 5.30. The van der Waals surface area contributed by atoms with Crippen LogP contribution in [0.5, 0.6) is 0 Å². The molecule has 2 aromatic rings. The molecule has 0 aliphatic rings. The van der Waals surface area contributed by atoms with Crippen LogP contribution in [-0.2, 0) is 13.1 Å². The summed E-state index contributed by atoms with van der Waals surface area (Å²) >= 11 is 1.92. The minimum Gasteiger partial charge on any atom is -0.367 e. The highest BCUT2D eigenvalue weighted by atomic mass is 32.1. The maximum atomic E-state index is 3.47. The van der Waals surface area contributed by atoms with Crippen LogP contribution < -0.4 is 10.2 Å². The van der Waals surface area contributed by atoms with Crippen molar-refractivity contribution in [1.82, 2.24) is 5.32 Å². The average Bonchev–Trinajstić information content (AvgIpc) is 2.92. The third kappa shape index (κ3) is 4.87. The minimum absolute atomic E-state index is 0.995. The number of hydrogen-bond donors (Lipinski definition) is 1. The smallest absolute Gasteiger partial charge is 0.0522 e. The number of aryl methyl sites for hydroxylation is 1. The van der Waals surface area contributed by atoms with Gasteiger partial charge in [-0.05, 0) is 56.6 Å². The van der Waals surface area contributed by atoms with Crippen molar-refractivity contribution < 1.29 is 0 Å². The predicted molar refractivity (Wildman–Crippen MR) is 94.2 cm³/mol. The van der Waals surface area contributed by atoms with E-state index < -0.39 is 0 Å². The standard InChI is InChI=1S/C18H26N2S/c1-4-11-19-13-17-9-10-18(21-17)14-20(5-2)16-8-6-7-15(3)12-16/h6-10,12,19H,4-5,11,13-14H2,1-3H3. The van der Waals surface area contributed by atoms with Crippen LogP contribution in [0.15, 0.2) is 36.4 Å². The first-order chi connectivity index (χ1) is 10.2. The van der Waals surface area contributed by atoms with Crippen LogP contribution in [0.1, 0.15) is 35.6 Å². The highest BCUT2D eigenvalue weighted by molar-refractivity contribution is 7.12. The van der Waals surface area contributed by atoms with Crippen molar-refractivity contribution in [1.29, 1.82) is 0 Å². The molecule has 2 nitrogen and oxygen atoms in total. The van der Waals surface area contributed by atoms with E-state index in [1.54, 1.807) is 0 Å². The Hall–Kier alpha value is -1.32. The molecule has 0 unspecified atom stereocenters. The predicted octanol–water partition coefficient (Wildman–Crippen LogP) is 4.58. The third-order valence-electron chi connectivity index (χ3n) is 3.54. The van der Waals surface area contributed by atoms with Gasteiger partial charge in [-0.2, -0.15) is 0 Å². The number of hydrogen-bond acceptors (Lipinski definition) is 3. The van der Waals surface area contributed by atoms with E-state index in [1.165, 1.54) is 27.4 Å². The van der Waals surface area contributed by atoms with Crippen LogP contribution >= 0.6 is 11.3 Å². The van der Waals surface area contributed by atoms with Crippen LogP contribution in [-0.4, -0.2) is 13.1 Å². The number of thiophene rings is 1. The normalized spacial score (nSPS) is 10.8. The molecule has 1 heterocycles. The molecule has 0 atom stereocenters. The lowest BCUT2D eigenvalue weighted by atomic mass is 10.2. The van der Waals surface area contributed by atoms with Gasteiger partial charge in [0, 0.05) is 28.5 Å². The minimum atomic E-state index is 0.995. The molecule has 2 rings (SSSR count). The lowest BCUT2D eigenvalue weighted by Crippen LogP contribution is -2.21. The Morgan fingerprint density at radius 2 is 1.90 bits per heavy atom. The van der Waals surface area contributed by atoms with Gasteiger partial charge in [0.15, 0.2) is 0 Å². The molecule has 0 saturated carbocycles. The van der Waals surface area contributed by atoms with E-state index in [-0.39, 0.29) is 0 Å². The van der Waals surface area contributed by atoms with E-state index in [1.807, 2.05) is 11.3 Å². The lowest BCUT2D eigenvalue weighted by Gasteiger charge is -2.22. The summed E-state index contributed by atoms with van der Waals surface area (Å²) in [6.07, 6.45) is 1.19. The van der Waals surface area contributed by atoms with Crippen molar-refractivity contribution in [3.8, 4) is 0 Å². The molecule has 0 fully saturated rings. The fourth-order valence-corrected chi connectivity index (χ4v) is 3.39. The first-order valence-electron chi connectivity index (χ1n) is 7.82. The molecule has 0 radical (unpaired) electrons. The Balaban J connectivity index is 1.98. The van der Waals surface area contributed by atoms with Gasteiger partial charge in [-0.15, -0.1) is 11.3 Å². The third-order valence-corrected chi connectivity index (χ3v) is 4.61. The SMILES string of the molecule is CCCNCc1ccc(CN(CC)c2cccc(C)c2)s1. The number of anilines is 1. The zero-order valence-electron chi connectivity index (χ0n) is 13.4. The summed E-state index contributed by atoms with van der Waals surface area (Å²) in [5, 5.41) is 3.47. The molecule has 0 bridgehead atoms. The van der Waals surface area contributed by atoms with Gasteiger partial charge < -0.3 is 10.2 Å². The lowest BCUT2D eigenvalue weighted by molar-refractivity contribution is 0.681. The zero-order chi connectivity index (χ0) is 15.1. The van der Waals surface area contributed by atoms with Crippen molar-refractivity contribution in [3.63, 3.8) is 0 Å². The molecule has 1 N–H and O–H groups in total. The summed E-state index contributed by atoms with van der Waals surface area (Å²) in [5.74, 6) is 0. The Morgan fingerprint density at radius 1 is 1.10 bits per heavy atom. The van der Waals surface area contributed by atoms with E-state index >= 15 is 0 Å². The fraction of sp³-hybridized carbons (Fsp3) is 0.444. The van der Waals surface area contributed by atoms with Crippen LogP contribution in [0.25, 0.3) is 0 Å².